The Bertz CT molecular complexity index is 283. The molecule has 1 fully saturated rings. The molecule has 0 radical (unpaired) electrons. The average molecular weight is 297 g/mol. The van der Waals surface area contributed by atoms with Gasteiger partial charge in [0.2, 0.25) is 0 Å². The van der Waals surface area contributed by atoms with Crippen LogP contribution >= 0.6 is 0 Å². The second-order valence-corrected chi connectivity index (χ2v) is 6.18. The first-order valence-electron chi connectivity index (χ1n) is 8.93. The molecule has 21 heavy (non-hydrogen) atoms. The number of rotatable bonds is 8. The van der Waals surface area contributed by atoms with Crippen LogP contribution in [0.3, 0.4) is 0 Å². The summed E-state index contributed by atoms with van der Waals surface area (Å²) in [5.74, 6) is 1.96. The quantitative estimate of drug-likeness (QED) is 0.552. The van der Waals surface area contributed by atoms with Crippen molar-refractivity contribution in [3.63, 3.8) is 0 Å². The second-order valence-electron chi connectivity index (χ2n) is 6.18. The SMILES string of the molecule is CCCCN(C)C(=NCCC1CCN(CC)CC1)NCC. The van der Waals surface area contributed by atoms with E-state index in [1.165, 1.54) is 51.7 Å². The van der Waals surface area contributed by atoms with Gasteiger partial charge in [-0.3, -0.25) is 4.99 Å². The minimum absolute atomic E-state index is 0.875. The van der Waals surface area contributed by atoms with E-state index in [4.69, 9.17) is 4.99 Å². The molecule has 0 aromatic rings. The Morgan fingerprint density at radius 2 is 1.95 bits per heavy atom. The molecular weight excluding hydrogens is 260 g/mol. The molecule has 1 saturated heterocycles. The van der Waals surface area contributed by atoms with E-state index in [-0.39, 0.29) is 0 Å². The maximum Gasteiger partial charge on any atom is 0.193 e. The molecule has 124 valence electrons. The van der Waals surface area contributed by atoms with E-state index in [9.17, 15) is 0 Å². The number of aliphatic imine (C=N–C) groups is 1. The molecule has 0 aliphatic carbocycles. The molecule has 4 nitrogen and oxygen atoms in total. The monoisotopic (exact) mass is 296 g/mol. The molecule has 0 bridgehead atoms. The van der Waals surface area contributed by atoms with Crippen molar-refractivity contribution < 1.29 is 0 Å². The normalized spacial score (nSPS) is 18.0. The van der Waals surface area contributed by atoms with Gasteiger partial charge in [0.05, 0.1) is 0 Å². The Kier molecular flexibility index (Phi) is 9.48. The number of likely N-dealkylation sites (tertiary alicyclic amines) is 1. The topological polar surface area (TPSA) is 30.9 Å². The van der Waals surface area contributed by atoms with Crippen LogP contribution in [0, 0.1) is 5.92 Å². The molecule has 0 saturated carbocycles. The summed E-state index contributed by atoms with van der Waals surface area (Å²) in [6, 6.07) is 0. The highest BCUT2D eigenvalue weighted by atomic mass is 15.3. The van der Waals surface area contributed by atoms with Crippen LogP contribution in [0.1, 0.15) is 52.9 Å². The number of hydrogen-bond acceptors (Lipinski definition) is 2. The Balaban J connectivity index is 2.33. The Morgan fingerprint density at radius 3 is 2.52 bits per heavy atom. The summed E-state index contributed by atoms with van der Waals surface area (Å²) in [7, 11) is 2.15. The van der Waals surface area contributed by atoms with E-state index in [0.29, 0.717) is 0 Å². The minimum atomic E-state index is 0.875. The third kappa shape index (κ3) is 7.16. The Hall–Kier alpha value is -0.770. The largest absolute Gasteiger partial charge is 0.357 e. The Morgan fingerprint density at radius 1 is 1.24 bits per heavy atom. The highest BCUT2D eigenvalue weighted by Gasteiger charge is 2.17. The van der Waals surface area contributed by atoms with Gasteiger partial charge in [0.15, 0.2) is 5.96 Å². The summed E-state index contributed by atoms with van der Waals surface area (Å²) < 4.78 is 0. The van der Waals surface area contributed by atoms with Crippen LogP contribution in [0.2, 0.25) is 0 Å². The number of nitrogens with one attached hydrogen (secondary N) is 1. The van der Waals surface area contributed by atoms with Crippen LogP contribution in [0.5, 0.6) is 0 Å². The van der Waals surface area contributed by atoms with Crippen LogP contribution in [-0.4, -0.2) is 62.1 Å². The average Bonchev–Trinajstić information content (AvgIpc) is 2.52. The van der Waals surface area contributed by atoms with Gasteiger partial charge in [-0.25, -0.2) is 0 Å². The smallest absolute Gasteiger partial charge is 0.193 e. The summed E-state index contributed by atoms with van der Waals surface area (Å²) in [6.07, 6.45) is 6.42. The van der Waals surface area contributed by atoms with Crippen molar-refractivity contribution in [2.75, 3.05) is 46.3 Å². The van der Waals surface area contributed by atoms with Crippen molar-refractivity contribution in [2.24, 2.45) is 10.9 Å². The lowest BCUT2D eigenvalue weighted by Crippen LogP contribution is -2.39. The molecular formula is C17H36N4. The van der Waals surface area contributed by atoms with Gasteiger partial charge in [0.25, 0.3) is 0 Å². The fourth-order valence-electron chi connectivity index (χ4n) is 2.92. The molecule has 0 atom stereocenters. The Labute approximate surface area is 132 Å². The third-order valence-electron chi connectivity index (χ3n) is 4.50. The van der Waals surface area contributed by atoms with Crippen LogP contribution in [0.15, 0.2) is 4.99 Å². The molecule has 0 spiro atoms. The van der Waals surface area contributed by atoms with E-state index in [1.54, 1.807) is 0 Å². The first-order valence-corrected chi connectivity index (χ1v) is 8.93. The van der Waals surface area contributed by atoms with Gasteiger partial charge in [-0.05, 0) is 58.2 Å². The van der Waals surface area contributed by atoms with Gasteiger partial charge < -0.3 is 15.1 Å². The van der Waals surface area contributed by atoms with Crippen molar-refractivity contribution in [3.8, 4) is 0 Å². The number of unbranched alkanes of at least 4 members (excludes halogenated alkanes) is 1. The van der Waals surface area contributed by atoms with Crippen molar-refractivity contribution >= 4 is 5.96 Å². The molecule has 0 aromatic carbocycles. The van der Waals surface area contributed by atoms with E-state index < -0.39 is 0 Å². The molecule has 0 aromatic heterocycles. The van der Waals surface area contributed by atoms with Crippen LogP contribution in [0.4, 0.5) is 0 Å². The molecule has 1 heterocycles. The van der Waals surface area contributed by atoms with E-state index in [2.05, 4.69) is 42.9 Å². The third-order valence-corrected chi connectivity index (χ3v) is 4.50. The lowest BCUT2D eigenvalue weighted by atomic mass is 9.94. The number of hydrogen-bond donors (Lipinski definition) is 1. The first-order chi connectivity index (χ1) is 10.2. The zero-order chi connectivity index (χ0) is 15.5. The molecule has 1 aliphatic rings. The van der Waals surface area contributed by atoms with Gasteiger partial charge in [-0.1, -0.05) is 20.3 Å². The molecule has 1 aliphatic heterocycles. The number of piperidine rings is 1. The molecule has 1 rings (SSSR count). The van der Waals surface area contributed by atoms with Crippen molar-refractivity contribution in [1.29, 1.82) is 0 Å². The van der Waals surface area contributed by atoms with Gasteiger partial charge in [-0.2, -0.15) is 0 Å². The van der Waals surface area contributed by atoms with E-state index in [0.717, 1.165) is 31.5 Å². The predicted octanol–water partition coefficient (Wildman–Crippen LogP) is 2.81. The fraction of sp³-hybridized carbons (Fsp3) is 0.941. The molecule has 1 N–H and O–H groups in total. The minimum Gasteiger partial charge on any atom is -0.357 e. The summed E-state index contributed by atoms with van der Waals surface area (Å²) >= 11 is 0. The van der Waals surface area contributed by atoms with Gasteiger partial charge in [0.1, 0.15) is 0 Å². The maximum atomic E-state index is 4.82. The van der Waals surface area contributed by atoms with Gasteiger partial charge >= 0.3 is 0 Å². The van der Waals surface area contributed by atoms with Crippen LogP contribution < -0.4 is 5.32 Å². The lowest BCUT2D eigenvalue weighted by Gasteiger charge is -2.30. The lowest BCUT2D eigenvalue weighted by molar-refractivity contribution is 0.188. The first kappa shape index (κ1) is 18.3. The van der Waals surface area contributed by atoms with E-state index >= 15 is 0 Å². The van der Waals surface area contributed by atoms with Crippen LogP contribution in [-0.2, 0) is 0 Å². The van der Waals surface area contributed by atoms with Crippen molar-refractivity contribution in [1.82, 2.24) is 15.1 Å². The van der Waals surface area contributed by atoms with Crippen LogP contribution in [0.25, 0.3) is 0 Å². The summed E-state index contributed by atoms with van der Waals surface area (Å²) in [5, 5.41) is 3.41. The summed E-state index contributed by atoms with van der Waals surface area (Å²) in [4.78, 5) is 9.65. The molecule has 0 amide bonds. The van der Waals surface area contributed by atoms with Crippen molar-refractivity contribution in [3.05, 3.63) is 0 Å². The molecule has 0 unspecified atom stereocenters. The van der Waals surface area contributed by atoms with E-state index in [1.807, 2.05) is 0 Å². The molecule has 4 heteroatoms. The maximum absolute atomic E-state index is 4.82. The standard InChI is InChI=1S/C17H36N4/c1-5-8-13-20(4)17(18-6-2)19-12-9-16-10-14-21(7-3)15-11-16/h16H,5-15H2,1-4H3,(H,18,19). The zero-order valence-electron chi connectivity index (χ0n) is 14.7. The zero-order valence-corrected chi connectivity index (χ0v) is 14.7. The summed E-state index contributed by atoms with van der Waals surface area (Å²) in [5.41, 5.74) is 0. The second kappa shape index (κ2) is 10.9. The van der Waals surface area contributed by atoms with Crippen molar-refractivity contribution in [2.45, 2.75) is 52.9 Å². The summed E-state index contributed by atoms with van der Waals surface area (Å²) in [6.45, 7) is 13.4. The fourth-order valence-corrected chi connectivity index (χ4v) is 2.92. The predicted molar refractivity (Wildman–Crippen MR) is 93.0 cm³/mol. The van der Waals surface area contributed by atoms with Gasteiger partial charge in [0, 0.05) is 26.7 Å². The number of nitrogens with zero attached hydrogens (tertiary/aromatic N) is 3. The number of guanidine groups is 1. The highest BCUT2D eigenvalue weighted by molar-refractivity contribution is 5.79. The highest BCUT2D eigenvalue weighted by Crippen LogP contribution is 2.20. The van der Waals surface area contributed by atoms with Gasteiger partial charge in [-0.15, -0.1) is 0 Å².